The van der Waals surface area contributed by atoms with Crippen molar-refractivity contribution in [1.82, 2.24) is 4.98 Å². The number of H-pyrrole nitrogens is 1. The van der Waals surface area contributed by atoms with Gasteiger partial charge in [-0.1, -0.05) is 41.7 Å². The Kier molecular flexibility index (Phi) is 3.46. The minimum Gasteiger partial charge on any atom is -0.362 e. The molecule has 1 aliphatic rings. The number of nitrogens with one attached hydrogen (secondary N) is 1. The van der Waals surface area contributed by atoms with Crippen molar-refractivity contribution in [3.8, 4) is 0 Å². The molecule has 0 atom stereocenters. The number of aromatic nitrogens is 1. The number of rotatable bonds is 2. The van der Waals surface area contributed by atoms with Crippen molar-refractivity contribution in [1.29, 1.82) is 0 Å². The molecule has 2 aromatic rings. The molecule has 3 rings (SSSR count). The lowest BCUT2D eigenvalue weighted by Gasteiger charge is -2.14. The van der Waals surface area contributed by atoms with E-state index < -0.39 is 0 Å². The molecule has 1 saturated heterocycles. The van der Waals surface area contributed by atoms with Crippen molar-refractivity contribution in [3.05, 3.63) is 58.8 Å². The van der Waals surface area contributed by atoms with Crippen LogP contribution in [0.1, 0.15) is 11.3 Å². The lowest BCUT2D eigenvalue weighted by Crippen LogP contribution is -2.27. The van der Waals surface area contributed by atoms with Gasteiger partial charge in [0.1, 0.15) is 0 Å². The topological polar surface area (TPSA) is 36.1 Å². The number of amides is 1. The summed E-state index contributed by atoms with van der Waals surface area (Å²) in [5.74, 6) is -0.0709. The number of anilines is 1. The summed E-state index contributed by atoms with van der Waals surface area (Å²) in [5.41, 5.74) is 2.86. The normalized spacial score (nSPS) is 17.2. The van der Waals surface area contributed by atoms with Gasteiger partial charge in [0.15, 0.2) is 4.32 Å². The zero-order chi connectivity index (χ0) is 14.1. The minimum atomic E-state index is -0.0709. The van der Waals surface area contributed by atoms with Crippen molar-refractivity contribution < 1.29 is 4.79 Å². The largest absolute Gasteiger partial charge is 0.362 e. The van der Waals surface area contributed by atoms with Crippen LogP contribution in [-0.4, -0.2) is 15.2 Å². The smallest absolute Gasteiger partial charge is 0.270 e. The molecule has 1 amide bonds. The maximum atomic E-state index is 12.5. The maximum Gasteiger partial charge on any atom is 0.270 e. The number of thioether (sulfide) groups is 1. The van der Waals surface area contributed by atoms with Crippen molar-refractivity contribution in [2.24, 2.45) is 0 Å². The van der Waals surface area contributed by atoms with Crippen LogP contribution in [-0.2, 0) is 4.79 Å². The number of hydrogen-bond donors (Lipinski definition) is 1. The van der Waals surface area contributed by atoms with Crippen molar-refractivity contribution >= 4 is 46.0 Å². The van der Waals surface area contributed by atoms with Gasteiger partial charge in [-0.15, -0.1) is 0 Å². The number of hydrogen-bond acceptors (Lipinski definition) is 3. The van der Waals surface area contributed by atoms with E-state index in [0.29, 0.717) is 9.23 Å². The molecule has 0 radical (unpaired) electrons. The van der Waals surface area contributed by atoms with Crippen LogP contribution in [0.15, 0.2) is 47.5 Å². The molecule has 100 valence electrons. The molecule has 1 aromatic carbocycles. The predicted octanol–water partition coefficient (Wildman–Crippen LogP) is 3.73. The Bertz CT molecular complexity index is 687. The van der Waals surface area contributed by atoms with E-state index in [-0.39, 0.29) is 5.91 Å². The molecule has 20 heavy (non-hydrogen) atoms. The van der Waals surface area contributed by atoms with Crippen LogP contribution in [0.25, 0.3) is 6.08 Å². The van der Waals surface area contributed by atoms with E-state index in [1.165, 1.54) is 11.8 Å². The summed E-state index contributed by atoms with van der Waals surface area (Å²) in [4.78, 5) is 17.7. The van der Waals surface area contributed by atoms with Gasteiger partial charge in [0.2, 0.25) is 0 Å². The second-order valence-corrected chi connectivity index (χ2v) is 6.15. The molecule has 0 saturated carbocycles. The lowest BCUT2D eigenvalue weighted by molar-refractivity contribution is -0.113. The molecule has 1 aliphatic heterocycles. The zero-order valence-electron chi connectivity index (χ0n) is 10.8. The summed E-state index contributed by atoms with van der Waals surface area (Å²) in [5, 5.41) is 0. The Morgan fingerprint density at radius 2 is 2.00 bits per heavy atom. The molecule has 0 spiro atoms. The summed E-state index contributed by atoms with van der Waals surface area (Å²) < 4.78 is 0.566. The Morgan fingerprint density at radius 3 is 2.65 bits per heavy atom. The summed E-state index contributed by atoms with van der Waals surface area (Å²) in [7, 11) is 0. The molecule has 1 N–H and O–H groups in total. The summed E-state index contributed by atoms with van der Waals surface area (Å²) in [6, 6.07) is 11.6. The first kappa shape index (κ1) is 13.1. The fraction of sp³-hybridized carbons (Fsp3) is 0.0667. The van der Waals surface area contributed by atoms with Gasteiger partial charge in [0.05, 0.1) is 10.6 Å². The summed E-state index contributed by atoms with van der Waals surface area (Å²) in [6.07, 6.45) is 3.65. The lowest BCUT2D eigenvalue weighted by atomic mass is 10.2. The number of benzene rings is 1. The fourth-order valence-corrected chi connectivity index (χ4v) is 3.25. The molecule has 1 fully saturated rings. The highest BCUT2D eigenvalue weighted by molar-refractivity contribution is 8.27. The monoisotopic (exact) mass is 300 g/mol. The molecule has 0 aliphatic carbocycles. The Hall–Kier alpha value is -1.85. The number of carbonyl (C=O) groups excluding carboxylic acids is 1. The summed E-state index contributed by atoms with van der Waals surface area (Å²) in [6.45, 7) is 2.01. The van der Waals surface area contributed by atoms with Crippen molar-refractivity contribution in [2.45, 2.75) is 6.92 Å². The van der Waals surface area contributed by atoms with E-state index in [1.54, 1.807) is 4.90 Å². The molecule has 3 nitrogen and oxygen atoms in total. The molecule has 5 heteroatoms. The van der Waals surface area contributed by atoms with Crippen molar-refractivity contribution in [2.75, 3.05) is 4.90 Å². The van der Waals surface area contributed by atoms with E-state index in [0.717, 1.165) is 16.9 Å². The van der Waals surface area contributed by atoms with Gasteiger partial charge in [0, 0.05) is 11.9 Å². The average molecular weight is 300 g/mol. The van der Waals surface area contributed by atoms with Gasteiger partial charge >= 0.3 is 0 Å². The van der Waals surface area contributed by atoms with Gasteiger partial charge in [0.25, 0.3) is 5.91 Å². The number of carbonyl (C=O) groups is 1. The third kappa shape index (κ3) is 2.42. The third-order valence-corrected chi connectivity index (χ3v) is 4.30. The molecular weight excluding hydrogens is 288 g/mol. The number of aryl methyl sites for hydroxylation is 1. The fourth-order valence-electron chi connectivity index (χ4n) is 1.96. The van der Waals surface area contributed by atoms with Crippen LogP contribution in [0, 0.1) is 6.92 Å². The number of aromatic amines is 1. The molecule has 0 bridgehead atoms. The van der Waals surface area contributed by atoms with Crippen LogP contribution in [0.3, 0.4) is 0 Å². The highest BCUT2D eigenvalue weighted by Crippen LogP contribution is 2.35. The van der Waals surface area contributed by atoms with E-state index in [4.69, 9.17) is 12.2 Å². The van der Waals surface area contributed by atoms with Crippen LogP contribution in [0.5, 0.6) is 0 Å². The molecular formula is C15H12N2OS2. The third-order valence-electron chi connectivity index (χ3n) is 2.99. The molecule has 1 aromatic heterocycles. The van der Waals surface area contributed by atoms with E-state index >= 15 is 0 Å². The summed E-state index contributed by atoms with van der Waals surface area (Å²) >= 11 is 6.65. The first-order chi connectivity index (χ1) is 9.65. The van der Waals surface area contributed by atoms with Crippen LogP contribution < -0.4 is 4.90 Å². The highest BCUT2D eigenvalue weighted by Gasteiger charge is 2.33. The van der Waals surface area contributed by atoms with Gasteiger partial charge in [-0.3, -0.25) is 9.69 Å². The Balaban J connectivity index is 1.93. The Morgan fingerprint density at radius 1 is 1.25 bits per heavy atom. The quantitative estimate of drug-likeness (QED) is 0.678. The second kappa shape index (κ2) is 5.26. The minimum absolute atomic E-state index is 0.0709. The SMILES string of the molecule is Cc1ccc(N2C(=O)C(=Cc3ccc[nH]3)SC2=S)cc1. The Labute approximate surface area is 126 Å². The average Bonchev–Trinajstić information content (AvgIpc) is 3.02. The van der Waals surface area contributed by atoms with E-state index in [9.17, 15) is 4.79 Å². The first-order valence-electron chi connectivity index (χ1n) is 6.13. The van der Waals surface area contributed by atoms with E-state index in [2.05, 4.69) is 4.98 Å². The number of thiocarbonyl (C=S) groups is 1. The van der Waals surface area contributed by atoms with Gasteiger partial charge in [-0.25, -0.2) is 0 Å². The molecule has 0 unspecified atom stereocenters. The number of nitrogens with zero attached hydrogens (tertiary/aromatic N) is 1. The standard InChI is InChI=1S/C15H12N2OS2/c1-10-4-6-12(7-5-10)17-14(18)13(20-15(17)19)9-11-3-2-8-16-11/h2-9,16H,1H3. The maximum absolute atomic E-state index is 12.5. The van der Waals surface area contributed by atoms with Crippen LogP contribution in [0.2, 0.25) is 0 Å². The van der Waals surface area contributed by atoms with Crippen LogP contribution >= 0.6 is 24.0 Å². The first-order valence-corrected chi connectivity index (χ1v) is 7.35. The van der Waals surface area contributed by atoms with E-state index in [1.807, 2.05) is 55.6 Å². The van der Waals surface area contributed by atoms with Crippen LogP contribution in [0.4, 0.5) is 5.69 Å². The van der Waals surface area contributed by atoms with Gasteiger partial charge in [-0.2, -0.15) is 0 Å². The predicted molar refractivity (Wildman–Crippen MR) is 87.6 cm³/mol. The van der Waals surface area contributed by atoms with Gasteiger partial charge in [-0.05, 0) is 37.3 Å². The zero-order valence-corrected chi connectivity index (χ0v) is 12.4. The molecule has 2 heterocycles. The van der Waals surface area contributed by atoms with Crippen molar-refractivity contribution in [3.63, 3.8) is 0 Å². The second-order valence-electron chi connectivity index (χ2n) is 4.48. The van der Waals surface area contributed by atoms with Gasteiger partial charge < -0.3 is 4.98 Å². The highest BCUT2D eigenvalue weighted by atomic mass is 32.2.